The summed E-state index contributed by atoms with van der Waals surface area (Å²) in [7, 11) is 0. The van der Waals surface area contributed by atoms with Crippen LogP contribution in [0.2, 0.25) is 0 Å². The fourth-order valence-corrected chi connectivity index (χ4v) is 3.32. The van der Waals surface area contributed by atoms with Crippen LogP contribution < -0.4 is 5.32 Å². The Kier molecular flexibility index (Phi) is 7.64. The summed E-state index contributed by atoms with van der Waals surface area (Å²) in [6.45, 7) is 5.66. The van der Waals surface area contributed by atoms with Gasteiger partial charge in [0.15, 0.2) is 5.11 Å². The van der Waals surface area contributed by atoms with Crippen LogP contribution in [-0.4, -0.2) is 59.3 Å². The predicted octanol–water partition coefficient (Wildman–Crippen LogP) is 3.28. The average molecular weight is 407 g/mol. The van der Waals surface area contributed by atoms with Crippen molar-refractivity contribution in [3.8, 4) is 0 Å². The zero-order chi connectivity index (χ0) is 19.8. The van der Waals surface area contributed by atoms with Gasteiger partial charge in [-0.3, -0.25) is 9.88 Å². The van der Waals surface area contributed by atoms with Gasteiger partial charge in [0.05, 0.1) is 18.9 Å². The van der Waals surface area contributed by atoms with E-state index in [1.54, 1.807) is 12.4 Å². The summed E-state index contributed by atoms with van der Waals surface area (Å²) in [4.78, 5) is 8.40. The van der Waals surface area contributed by atoms with Gasteiger partial charge in [-0.2, -0.15) is 0 Å². The van der Waals surface area contributed by atoms with E-state index in [0.29, 0.717) is 18.2 Å². The molecular formula is C20H24F2N4OS. The number of aromatic nitrogens is 1. The van der Waals surface area contributed by atoms with Gasteiger partial charge in [0.25, 0.3) is 0 Å². The zero-order valence-corrected chi connectivity index (χ0v) is 16.4. The fourth-order valence-electron chi connectivity index (χ4n) is 3.06. The lowest BCUT2D eigenvalue weighted by atomic mass is 10.2. The minimum atomic E-state index is -0.667. The first-order valence-corrected chi connectivity index (χ1v) is 9.72. The van der Waals surface area contributed by atoms with E-state index in [-0.39, 0.29) is 5.69 Å². The number of thiocarbonyl (C=S) groups is 1. The summed E-state index contributed by atoms with van der Waals surface area (Å²) < 4.78 is 32.5. The van der Waals surface area contributed by atoms with Gasteiger partial charge in [0.2, 0.25) is 0 Å². The molecule has 0 spiro atoms. The van der Waals surface area contributed by atoms with Crippen LogP contribution in [-0.2, 0) is 11.3 Å². The second kappa shape index (κ2) is 10.4. The molecule has 150 valence electrons. The maximum atomic E-state index is 14.0. The molecule has 1 saturated heterocycles. The van der Waals surface area contributed by atoms with E-state index in [1.807, 2.05) is 17.0 Å². The molecule has 5 nitrogen and oxygen atoms in total. The van der Waals surface area contributed by atoms with Crippen LogP contribution in [0.4, 0.5) is 14.5 Å². The number of hydrogen-bond acceptors (Lipinski definition) is 4. The Hall–Kier alpha value is -2.16. The van der Waals surface area contributed by atoms with E-state index in [0.717, 1.165) is 50.9 Å². The lowest BCUT2D eigenvalue weighted by Gasteiger charge is -2.29. The summed E-state index contributed by atoms with van der Waals surface area (Å²) >= 11 is 5.52. The molecule has 2 heterocycles. The van der Waals surface area contributed by atoms with Gasteiger partial charge in [-0.15, -0.1) is 0 Å². The highest BCUT2D eigenvalue weighted by atomic mass is 32.1. The van der Waals surface area contributed by atoms with Crippen LogP contribution in [0.5, 0.6) is 0 Å². The molecule has 0 saturated carbocycles. The van der Waals surface area contributed by atoms with Gasteiger partial charge in [-0.05, 0) is 48.5 Å². The average Bonchev–Trinajstić information content (AvgIpc) is 2.71. The Morgan fingerprint density at radius 2 is 1.93 bits per heavy atom. The molecule has 0 bridgehead atoms. The van der Waals surface area contributed by atoms with Crippen LogP contribution in [0.3, 0.4) is 0 Å². The standard InChI is InChI=1S/C20H24F2N4OS/c21-17-2-3-19(18(22)14-17)24-20(28)26(15-16-4-6-23-7-5-16)9-1-8-25-10-12-27-13-11-25/h2-7,14H,1,8-13,15H2,(H,24,28). The highest BCUT2D eigenvalue weighted by Gasteiger charge is 2.15. The van der Waals surface area contributed by atoms with Crippen molar-refractivity contribution in [2.24, 2.45) is 0 Å². The Morgan fingerprint density at radius 1 is 1.18 bits per heavy atom. The van der Waals surface area contributed by atoms with Gasteiger partial charge >= 0.3 is 0 Å². The van der Waals surface area contributed by atoms with E-state index in [2.05, 4.69) is 15.2 Å². The first kappa shape index (κ1) is 20.6. The second-order valence-corrected chi connectivity index (χ2v) is 7.03. The second-order valence-electron chi connectivity index (χ2n) is 6.64. The van der Waals surface area contributed by atoms with Crippen molar-refractivity contribution < 1.29 is 13.5 Å². The predicted molar refractivity (Wildman–Crippen MR) is 109 cm³/mol. The number of pyridine rings is 1. The van der Waals surface area contributed by atoms with E-state index in [4.69, 9.17) is 17.0 Å². The van der Waals surface area contributed by atoms with Crippen molar-refractivity contribution >= 4 is 23.0 Å². The van der Waals surface area contributed by atoms with Gasteiger partial charge in [-0.1, -0.05) is 0 Å². The van der Waals surface area contributed by atoms with Crippen LogP contribution in [0.25, 0.3) is 0 Å². The highest BCUT2D eigenvalue weighted by Crippen LogP contribution is 2.16. The van der Waals surface area contributed by atoms with Gasteiger partial charge in [-0.25, -0.2) is 8.78 Å². The lowest BCUT2D eigenvalue weighted by molar-refractivity contribution is 0.0368. The third-order valence-corrected chi connectivity index (χ3v) is 4.95. The van der Waals surface area contributed by atoms with Crippen molar-refractivity contribution in [2.45, 2.75) is 13.0 Å². The molecule has 28 heavy (non-hydrogen) atoms. The third kappa shape index (κ3) is 6.19. The summed E-state index contributed by atoms with van der Waals surface area (Å²) in [6.07, 6.45) is 4.38. The summed E-state index contributed by atoms with van der Waals surface area (Å²) in [5.74, 6) is -1.28. The van der Waals surface area contributed by atoms with Gasteiger partial charge in [0, 0.05) is 51.2 Å². The largest absolute Gasteiger partial charge is 0.379 e. The van der Waals surface area contributed by atoms with E-state index >= 15 is 0 Å². The SMILES string of the molecule is Fc1ccc(NC(=S)N(CCCN2CCOCC2)Cc2ccncc2)c(F)c1. The molecule has 1 N–H and O–H groups in total. The molecule has 1 fully saturated rings. The van der Waals surface area contributed by atoms with Crippen LogP contribution in [0.15, 0.2) is 42.7 Å². The lowest BCUT2D eigenvalue weighted by Crippen LogP contribution is -2.40. The summed E-state index contributed by atoms with van der Waals surface area (Å²) in [5.41, 5.74) is 1.23. The highest BCUT2D eigenvalue weighted by molar-refractivity contribution is 7.80. The Bertz CT molecular complexity index is 772. The Labute approximate surface area is 169 Å². The minimum Gasteiger partial charge on any atom is -0.379 e. The van der Waals surface area contributed by atoms with Crippen molar-refractivity contribution in [2.75, 3.05) is 44.7 Å². The molecule has 1 aliphatic heterocycles. The van der Waals surface area contributed by atoms with E-state index < -0.39 is 11.6 Å². The molecule has 0 atom stereocenters. The number of hydrogen-bond donors (Lipinski definition) is 1. The number of rotatable bonds is 7. The third-order valence-electron chi connectivity index (χ3n) is 4.59. The number of ether oxygens (including phenoxy) is 1. The minimum absolute atomic E-state index is 0.166. The first-order valence-electron chi connectivity index (χ1n) is 9.32. The molecule has 3 rings (SSSR count). The Balaban J connectivity index is 1.62. The first-order chi connectivity index (χ1) is 13.6. The molecule has 0 unspecified atom stereocenters. The quantitative estimate of drug-likeness (QED) is 0.712. The summed E-state index contributed by atoms with van der Waals surface area (Å²) in [6, 6.07) is 7.26. The normalized spacial score (nSPS) is 14.6. The van der Waals surface area contributed by atoms with Gasteiger partial charge < -0.3 is 15.0 Å². The molecule has 8 heteroatoms. The number of anilines is 1. The molecule has 0 amide bonds. The van der Waals surface area contributed by atoms with Crippen molar-refractivity contribution in [1.29, 1.82) is 0 Å². The molecular weight excluding hydrogens is 382 g/mol. The number of benzene rings is 1. The monoisotopic (exact) mass is 406 g/mol. The number of halogens is 2. The Morgan fingerprint density at radius 3 is 2.64 bits per heavy atom. The maximum Gasteiger partial charge on any atom is 0.173 e. The number of nitrogens with zero attached hydrogens (tertiary/aromatic N) is 3. The molecule has 1 aromatic carbocycles. The fraction of sp³-hybridized carbons (Fsp3) is 0.400. The van der Waals surface area contributed by atoms with Crippen LogP contribution >= 0.6 is 12.2 Å². The number of nitrogens with one attached hydrogen (secondary N) is 1. The van der Waals surface area contributed by atoms with Crippen LogP contribution in [0, 0.1) is 11.6 Å². The topological polar surface area (TPSA) is 40.6 Å². The van der Waals surface area contributed by atoms with Crippen molar-refractivity contribution in [3.05, 3.63) is 59.9 Å². The summed E-state index contributed by atoms with van der Waals surface area (Å²) in [5, 5.41) is 3.32. The van der Waals surface area contributed by atoms with Crippen molar-refractivity contribution in [3.63, 3.8) is 0 Å². The number of morpholine rings is 1. The smallest absolute Gasteiger partial charge is 0.173 e. The van der Waals surface area contributed by atoms with Crippen molar-refractivity contribution in [1.82, 2.24) is 14.8 Å². The molecule has 0 radical (unpaired) electrons. The van der Waals surface area contributed by atoms with E-state index in [9.17, 15) is 8.78 Å². The van der Waals surface area contributed by atoms with Gasteiger partial charge in [0.1, 0.15) is 11.6 Å². The molecule has 0 aliphatic carbocycles. The molecule has 1 aliphatic rings. The van der Waals surface area contributed by atoms with Crippen LogP contribution in [0.1, 0.15) is 12.0 Å². The molecule has 2 aromatic rings. The molecule has 1 aromatic heterocycles. The van der Waals surface area contributed by atoms with E-state index in [1.165, 1.54) is 12.1 Å². The zero-order valence-electron chi connectivity index (χ0n) is 15.6. The maximum absolute atomic E-state index is 14.0.